The summed E-state index contributed by atoms with van der Waals surface area (Å²) in [6, 6.07) is 0. The molecule has 0 spiro atoms. The number of carbonyl (C=O) groups is 1. The molecule has 2 atom stereocenters. The van der Waals surface area contributed by atoms with Gasteiger partial charge in [0.05, 0.1) is 5.25 Å². The predicted octanol–water partition coefficient (Wildman–Crippen LogP) is 2.89. The van der Waals surface area contributed by atoms with Gasteiger partial charge in [-0.1, -0.05) is 11.6 Å². The predicted molar refractivity (Wildman–Crippen MR) is 77.5 cm³/mol. The monoisotopic (exact) mass is 298 g/mol. The van der Waals surface area contributed by atoms with Gasteiger partial charge in [0.25, 0.3) is 0 Å². The molecule has 2 aliphatic rings. The van der Waals surface area contributed by atoms with E-state index in [1.54, 1.807) is 0 Å². The Morgan fingerprint density at radius 1 is 1.32 bits per heavy atom. The van der Waals surface area contributed by atoms with Crippen molar-refractivity contribution in [1.82, 2.24) is 10.1 Å². The van der Waals surface area contributed by atoms with Gasteiger partial charge in [0, 0.05) is 36.0 Å². The van der Waals surface area contributed by atoms with E-state index >= 15 is 0 Å². The van der Waals surface area contributed by atoms with Crippen molar-refractivity contribution in [2.75, 3.05) is 17.3 Å². The largest absolute Gasteiger partial charge is 0.339 e. The summed E-state index contributed by atoms with van der Waals surface area (Å²) >= 11 is 3.85. The summed E-state index contributed by atoms with van der Waals surface area (Å²) < 4.78 is 5.33. The first kappa shape index (κ1) is 13.5. The van der Waals surface area contributed by atoms with E-state index in [1.807, 2.05) is 23.5 Å². The quantitative estimate of drug-likeness (QED) is 0.855. The maximum absolute atomic E-state index is 11.8. The van der Waals surface area contributed by atoms with Crippen LogP contribution >= 0.6 is 23.5 Å². The number of hydrogen-bond donors (Lipinski definition) is 0. The van der Waals surface area contributed by atoms with Crippen molar-refractivity contribution < 1.29 is 9.32 Å². The van der Waals surface area contributed by atoms with Crippen LogP contribution in [0.5, 0.6) is 0 Å². The van der Waals surface area contributed by atoms with E-state index in [-0.39, 0.29) is 5.92 Å². The Morgan fingerprint density at radius 3 is 3.05 bits per heavy atom. The minimum Gasteiger partial charge on any atom is -0.339 e. The molecular formula is C13H18N2O2S2. The number of ketones is 1. The van der Waals surface area contributed by atoms with Crippen LogP contribution in [-0.2, 0) is 11.2 Å². The minimum absolute atomic E-state index is 0.107. The average Bonchev–Trinajstić information content (AvgIpc) is 2.91. The number of nitrogens with zero attached hydrogens (tertiary/aromatic N) is 2. The number of carbonyl (C=O) groups excluding carboxylic acids is 1. The Labute approximate surface area is 121 Å². The summed E-state index contributed by atoms with van der Waals surface area (Å²) in [7, 11) is 0. The third-order valence-electron chi connectivity index (χ3n) is 3.69. The lowest BCUT2D eigenvalue weighted by molar-refractivity contribution is -0.124. The molecule has 3 rings (SSSR count). The highest BCUT2D eigenvalue weighted by atomic mass is 32.2. The molecule has 2 fully saturated rings. The molecule has 1 aromatic heterocycles. The molecule has 6 heteroatoms. The normalized spacial score (nSPS) is 28.5. The third kappa shape index (κ3) is 3.34. The van der Waals surface area contributed by atoms with Crippen molar-refractivity contribution >= 4 is 29.3 Å². The van der Waals surface area contributed by atoms with Gasteiger partial charge in [-0.2, -0.15) is 16.7 Å². The number of aromatic nitrogens is 2. The number of thioether (sulfide) groups is 2. The van der Waals surface area contributed by atoms with Crippen LogP contribution in [0.3, 0.4) is 0 Å². The van der Waals surface area contributed by atoms with E-state index in [0.717, 1.165) is 43.0 Å². The zero-order valence-electron chi connectivity index (χ0n) is 10.8. The molecule has 19 heavy (non-hydrogen) atoms. The van der Waals surface area contributed by atoms with Crippen molar-refractivity contribution in [3.05, 3.63) is 11.7 Å². The second-order valence-electron chi connectivity index (χ2n) is 5.09. The second-order valence-corrected chi connectivity index (χ2v) is 7.55. The van der Waals surface area contributed by atoms with Crippen molar-refractivity contribution in [3.63, 3.8) is 0 Å². The topological polar surface area (TPSA) is 56.0 Å². The lowest BCUT2D eigenvalue weighted by Gasteiger charge is -2.18. The molecule has 0 radical (unpaired) electrons. The molecule has 1 aliphatic heterocycles. The molecule has 0 amide bonds. The summed E-state index contributed by atoms with van der Waals surface area (Å²) in [5, 5.41) is 4.46. The summed E-state index contributed by atoms with van der Waals surface area (Å²) in [5.74, 6) is 5.36. The average molecular weight is 298 g/mol. The lowest BCUT2D eigenvalue weighted by atomic mass is 9.86. The van der Waals surface area contributed by atoms with Crippen LogP contribution < -0.4 is 0 Å². The molecule has 1 saturated heterocycles. The standard InChI is InChI=1S/C13H18N2O2S2/c16-10-4-2-1-3-9(10)7-12-14-13(15-17-12)11-8-18-5-6-19-11/h9,11H,1-8H2. The Morgan fingerprint density at radius 2 is 2.26 bits per heavy atom. The van der Waals surface area contributed by atoms with E-state index in [4.69, 9.17) is 4.52 Å². The van der Waals surface area contributed by atoms with Crippen LogP contribution in [0, 0.1) is 5.92 Å². The van der Waals surface area contributed by atoms with Gasteiger partial charge in [0.15, 0.2) is 5.82 Å². The molecule has 2 heterocycles. The molecule has 1 aliphatic carbocycles. The van der Waals surface area contributed by atoms with Gasteiger partial charge in [0.1, 0.15) is 5.78 Å². The third-order valence-corrected chi connectivity index (χ3v) is 6.44. The number of hydrogen-bond acceptors (Lipinski definition) is 6. The molecule has 104 valence electrons. The second kappa shape index (κ2) is 6.31. The molecular weight excluding hydrogens is 280 g/mol. The fraction of sp³-hybridized carbons (Fsp3) is 0.769. The van der Waals surface area contributed by atoms with Crippen LogP contribution in [0.2, 0.25) is 0 Å². The molecule has 0 bridgehead atoms. The summed E-state index contributed by atoms with van der Waals surface area (Å²) in [5.41, 5.74) is 0. The fourth-order valence-corrected chi connectivity index (χ4v) is 5.19. The Kier molecular flexibility index (Phi) is 4.48. The fourth-order valence-electron chi connectivity index (χ4n) is 2.60. The molecule has 2 unspecified atom stereocenters. The zero-order valence-corrected chi connectivity index (χ0v) is 12.5. The first-order valence-electron chi connectivity index (χ1n) is 6.87. The minimum atomic E-state index is 0.107. The molecule has 0 aromatic carbocycles. The highest BCUT2D eigenvalue weighted by molar-refractivity contribution is 8.06. The molecule has 0 N–H and O–H groups in total. The van der Waals surface area contributed by atoms with Crippen molar-refractivity contribution in [1.29, 1.82) is 0 Å². The van der Waals surface area contributed by atoms with Gasteiger partial charge in [0.2, 0.25) is 5.89 Å². The smallest absolute Gasteiger partial charge is 0.227 e. The Bertz CT molecular complexity index is 444. The summed E-state index contributed by atoms with van der Waals surface area (Å²) in [6.45, 7) is 0. The highest BCUT2D eigenvalue weighted by Crippen LogP contribution is 2.35. The van der Waals surface area contributed by atoms with E-state index in [9.17, 15) is 4.79 Å². The SMILES string of the molecule is O=C1CCCCC1Cc1nc(C2CSCCS2)no1. The van der Waals surface area contributed by atoms with Crippen molar-refractivity contribution in [3.8, 4) is 0 Å². The van der Waals surface area contributed by atoms with E-state index in [0.29, 0.717) is 23.3 Å². The lowest BCUT2D eigenvalue weighted by Crippen LogP contribution is -2.21. The zero-order chi connectivity index (χ0) is 13.1. The van der Waals surface area contributed by atoms with Crippen LogP contribution in [0.15, 0.2) is 4.52 Å². The van der Waals surface area contributed by atoms with E-state index < -0.39 is 0 Å². The Hall–Kier alpha value is -0.490. The van der Waals surface area contributed by atoms with Crippen LogP contribution in [0.25, 0.3) is 0 Å². The van der Waals surface area contributed by atoms with Crippen molar-refractivity contribution in [2.24, 2.45) is 5.92 Å². The number of rotatable bonds is 3. The molecule has 1 saturated carbocycles. The van der Waals surface area contributed by atoms with E-state index in [1.165, 1.54) is 5.75 Å². The van der Waals surface area contributed by atoms with Gasteiger partial charge in [-0.05, 0) is 12.8 Å². The highest BCUT2D eigenvalue weighted by Gasteiger charge is 2.26. The number of Topliss-reactive ketones (excluding diaryl/α,β-unsaturated/α-hetero) is 1. The van der Waals surface area contributed by atoms with Crippen molar-refractivity contribution in [2.45, 2.75) is 37.4 Å². The van der Waals surface area contributed by atoms with Crippen LogP contribution in [0.1, 0.15) is 42.6 Å². The summed E-state index contributed by atoms with van der Waals surface area (Å²) in [4.78, 5) is 16.3. The van der Waals surface area contributed by atoms with Crippen LogP contribution in [0.4, 0.5) is 0 Å². The maximum Gasteiger partial charge on any atom is 0.227 e. The van der Waals surface area contributed by atoms with Gasteiger partial charge in [-0.15, -0.1) is 11.8 Å². The van der Waals surface area contributed by atoms with E-state index in [2.05, 4.69) is 10.1 Å². The summed E-state index contributed by atoms with van der Waals surface area (Å²) in [6.07, 6.45) is 4.52. The first-order valence-corrected chi connectivity index (χ1v) is 9.08. The van der Waals surface area contributed by atoms with Crippen LogP contribution in [-0.4, -0.2) is 33.2 Å². The Balaban J connectivity index is 1.62. The first-order chi connectivity index (χ1) is 9.33. The molecule has 1 aromatic rings. The van der Waals surface area contributed by atoms with Gasteiger partial charge in [-0.25, -0.2) is 0 Å². The maximum atomic E-state index is 11.8. The molecule has 4 nitrogen and oxygen atoms in total. The van der Waals surface area contributed by atoms with Gasteiger partial charge >= 0.3 is 0 Å². The van der Waals surface area contributed by atoms with Gasteiger partial charge < -0.3 is 4.52 Å². The van der Waals surface area contributed by atoms with Gasteiger partial charge in [-0.3, -0.25) is 4.79 Å².